The Morgan fingerprint density at radius 2 is 2.00 bits per heavy atom. The van der Waals surface area contributed by atoms with Gasteiger partial charge < -0.3 is 15.8 Å². The summed E-state index contributed by atoms with van der Waals surface area (Å²) >= 11 is 0. The summed E-state index contributed by atoms with van der Waals surface area (Å²) in [7, 11) is 0. The topological polar surface area (TPSA) is 62.0 Å². The number of nitrogen functional groups attached to an aromatic ring is 1. The first-order chi connectivity index (χ1) is 9.67. The highest BCUT2D eigenvalue weighted by atomic mass is 16.3. The predicted molar refractivity (Wildman–Crippen MR) is 80.5 cm³/mol. The Balaban J connectivity index is 1.89. The summed E-state index contributed by atoms with van der Waals surface area (Å²) in [6.07, 6.45) is 3.49. The molecule has 20 heavy (non-hydrogen) atoms. The summed E-state index contributed by atoms with van der Waals surface area (Å²) in [4.78, 5) is 3.18. The molecule has 1 aliphatic carbocycles. The number of rotatable bonds is 1. The lowest BCUT2D eigenvalue weighted by Crippen LogP contribution is -2.23. The molecule has 1 aromatic heterocycles. The number of anilines is 1. The summed E-state index contributed by atoms with van der Waals surface area (Å²) in [6.45, 7) is 0. The largest absolute Gasteiger partial charge is 0.399 e. The maximum absolute atomic E-state index is 11.2. The van der Waals surface area contributed by atoms with Gasteiger partial charge in [0.2, 0.25) is 0 Å². The number of aromatic amines is 1. The molecular weight excluding hydrogens is 248 g/mol. The molecule has 100 valence electrons. The van der Waals surface area contributed by atoms with Crippen molar-refractivity contribution in [3.63, 3.8) is 0 Å². The molecule has 0 radical (unpaired) electrons. The third-order valence-electron chi connectivity index (χ3n) is 4.36. The van der Waals surface area contributed by atoms with Crippen molar-refractivity contribution in [2.45, 2.75) is 18.4 Å². The van der Waals surface area contributed by atoms with Crippen LogP contribution in [0.2, 0.25) is 0 Å². The molecule has 0 saturated heterocycles. The summed E-state index contributed by atoms with van der Waals surface area (Å²) in [6, 6.07) is 13.9. The van der Waals surface area contributed by atoms with Crippen molar-refractivity contribution < 1.29 is 5.11 Å². The average molecular weight is 264 g/mol. The second kappa shape index (κ2) is 3.87. The highest BCUT2D eigenvalue weighted by Gasteiger charge is 2.38. The molecule has 3 aromatic rings. The number of aryl methyl sites for hydroxylation is 1. The summed E-state index contributed by atoms with van der Waals surface area (Å²) in [5.74, 6) is 0. The van der Waals surface area contributed by atoms with Gasteiger partial charge in [0.25, 0.3) is 0 Å². The normalized spacial score (nSPS) is 21.2. The monoisotopic (exact) mass is 264 g/mol. The summed E-state index contributed by atoms with van der Waals surface area (Å²) in [5.41, 5.74) is 9.88. The van der Waals surface area contributed by atoms with E-state index in [4.69, 9.17) is 5.73 Å². The highest BCUT2D eigenvalue weighted by Crippen LogP contribution is 2.43. The molecule has 0 amide bonds. The van der Waals surface area contributed by atoms with Gasteiger partial charge in [-0.2, -0.15) is 0 Å². The molecule has 0 fully saturated rings. The second-order valence-corrected chi connectivity index (χ2v) is 5.56. The van der Waals surface area contributed by atoms with Gasteiger partial charge in [0.15, 0.2) is 0 Å². The molecular formula is C17H16N2O. The van der Waals surface area contributed by atoms with E-state index in [0.29, 0.717) is 6.42 Å². The van der Waals surface area contributed by atoms with E-state index in [2.05, 4.69) is 11.1 Å². The van der Waals surface area contributed by atoms with E-state index in [9.17, 15) is 5.11 Å². The molecule has 3 nitrogen and oxygen atoms in total. The van der Waals surface area contributed by atoms with Gasteiger partial charge >= 0.3 is 0 Å². The average Bonchev–Trinajstić information content (AvgIpc) is 3.03. The number of aliphatic hydroxyl groups is 1. The third-order valence-corrected chi connectivity index (χ3v) is 4.36. The SMILES string of the molecule is Nc1ccc2c(c1)CCC2(O)c1ccc2[nH]ccc2c1. The molecule has 4 N–H and O–H groups in total. The van der Waals surface area contributed by atoms with Crippen molar-refractivity contribution >= 4 is 16.6 Å². The molecule has 3 heteroatoms. The van der Waals surface area contributed by atoms with E-state index in [1.54, 1.807) is 0 Å². The number of benzene rings is 2. The fourth-order valence-electron chi connectivity index (χ4n) is 3.28. The van der Waals surface area contributed by atoms with Crippen LogP contribution in [0.3, 0.4) is 0 Å². The van der Waals surface area contributed by atoms with Gasteiger partial charge in [0, 0.05) is 17.4 Å². The first kappa shape index (κ1) is 11.6. The number of aromatic nitrogens is 1. The van der Waals surface area contributed by atoms with E-state index in [0.717, 1.165) is 39.7 Å². The zero-order valence-electron chi connectivity index (χ0n) is 11.1. The third kappa shape index (κ3) is 1.50. The molecule has 1 aliphatic rings. The van der Waals surface area contributed by atoms with Gasteiger partial charge in [-0.15, -0.1) is 0 Å². The van der Waals surface area contributed by atoms with Crippen LogP contribution in [0.4, 0.5) is 5.69 Å². The lowest BCUT2D eigenvalue weighted by atomic mass is 9.87. The fourth-order valence-corrected chi connectivity index (χ4v) is 3.28. The van der Waals surface area contributed by atoms with E-state index in [1.807, 2.05) is 42.6 Å². The lowest BCUT2D eigenvalue weighted by molar-refractivity contribution is 0.0831. The van der Waals surface area contributed by atoms with Crippen LogP contribution in [0, 0.1) is 0 Å². The van der Waals surface area contributed by atoms with Crippen LogP contribution in [-0.4, -0.2) is 10.1 Å². The van der Waals surface area contributed by atoms with Crippen LogP contribution in [0.5, 0.6) is 0 Å². The highest BCUT2D eigenvalue weighted by molar-refractivity contribution is 5.80. The van der Waals surface area contributed by atoms with Gasteiger partial charge in [-0.1, -0.05) is 12.1 Å². The quantitative estimate of drug-likeness (QED) is 0.592. The Kier molecular flexibility index (Phi) is 2.24. The first-order valence-corrected chi connectivity index (χ1v) is 6.86. The van der Waals surface area contributed by atoms with Crippen LogP contribution < -0.4 is 5.73 Å². The van der Waals surface area contributed by atoms with E-state index < -0.39 is 5.60 Å². The van der Waals surface area contributed by atoms with Crippen LogP contribution in [0.25, 0.3) is 10.9 Å². The van der Waals surface area contributed by atoms with Crippen LogP contribution in [-0.2, 0) is 12.0 Å². The minimum absolute atomic E-state index is 0.710. The Labute approximate surface area is 117 Å². The van der Waals surface area contributed by atoms with Gasteiger partial charge in [0.1, 0.15) is 5.60 Å². The number of H-pyrrole nitrogens is 1. The Morgan fingerprint density at radius 3 is 2.90 bits per heavy atom. The molecule has 1 atom stereocenters. The molecule has 0 aliphatic heterocycles. The van der Waals surface area contributed by atoms with Gasteiger partial charge in [0.05, 0.1) is 0 Å². The number of fused-ring (bicyclic) bond motifs is 2. The van der Waals surface area contributed by atoms with Gasteiger partial charge in [-0.25, -0.2) is 0 Å². The van der Waals surface area contributed by atoms with Crippen molar-refractivity contribution in [1.29, 1.82) is 0 Å². The van der Waals surface area contributed by atoms with Crippen molar-refractivity contribution in [3.05, 3.63) is 65.4 Å². The number of nitrogens with one attached hydrogen (secondary N) is 1. The Bertz CT molecular complexity index is 806. The Morgan fingerprint density at radius 1 is 1.10 bits per heavy atom. The zero-order chi connectivity index (χ0) is 13.7. The second-order valence-electron chi connectivity index (χ2n) is 5.56. The molecule has 0 saturated carbocycles. The lowest BCUT2D eigenvalue weighted by Gasteiger charge is -2.25. The van der Waals surface area contributed by atoms with Crippen LogP contribution >= 0.6 is 0 Å². The van der Waals surface area contributed by atoms with Gasteiger partial charge in [-0.05, 0) is 65.3 Å². The van der Waals surface area contributed by atoms with E-state index in [1.165, 1.54) is 0 Å². The predicted octanol–water partition coefficient (Wildman–Crippen LogP) is 2.93. The van der Waals surface area contributed by atoms with Crippen molar-refractivity contribution in [3.8, 4) is 0 Å². The standard InChI is InChI=1S/C17H16N2O/c18-14-2-3-15-11(10-14)5-7-17(15,20)13-1-4-16-12(9-13)6-8-19-16/h1-4,6,8-10,19-20H,5,7,18H2. The minimum Gasteiger partial charge on any atom is -0.399 e. The van der Waals surface area contributed by atoms with Gasteiger partial charge in [-0.3, -0.25) is 0 Å². The van der Waals surface area contributed by atoms with Crippen LogP contribution in [0.1, 0.15) is 23.1 Å². The molecule has 0 bridgehead atoms. The summed E-state index contributed by atoms with van der Waals surface area (Å²) in [5, 5.41) is 12.3. The molecule has 1 heterocycles. The fraction of sp³-hybridized carbons (Fsp3) is 0.176. The minimum atomic E-state index is -0.894. The van der Waals surface area contributed by atoms with Crippen molar-refractivity contribution in [1.82, 2.24) is 4.98 Å². The molecule has 1 unspecified atom stereocenters. The molecule has 2 aromatic carbocycles. The maximum Gasteiger partial charge on any atom is 0.115 e. The maximum atomic E-state index is 11.2. The number of hydrogen-bond acceptors (Lipinski definition) is 2. The molecule has 4 rings (SSSR count). The van der Waals surface area contributed by atoms with E-state index in [-0.39, 0.29) is 0 Å². The number of nitrogens with two attached hydrogens (primary N) is 1. The zero-order valence-corrected chi connectivity index (χ0v) is 11.1. The van der Waals surface area contributed by atoms with Crippen LogP contribution in [0.15, 0.2) is 48.7 Å². The van der Waals surface area contributed by atoms with E-state index >= 15 is 0 Å². The molecule has 0 spiro atoms. The van der Waals surface area contributed by atoms with Crippen molar-refractivity contribution in [2.75, 3.05) is 5.73 Å². The first-order valence-electron chi connectivity index (χ1n) is 6.86. The number of hydrogen-bond donors (Lipinski definition) is 3. The summed E-state index contributed by atoms with van der Waals surface area (Å²) < 4.78 is 0. The Hall–Kier alpha value is -2.26. The van der Waals surface area contributed by atoms with Crippen molar-refractivity contribution in [2.24, 2.45) is 0 Å². The smallest absolute Gasteiger partial charge is 0.115 e.